The van der Waals surface area contributed by atoms with Crippen molar-refractivity contribution in [2.75, 3.05) is 25.5 Å². The minimum absolute atomic E-state index is 0.0781. The van der Waals surface area contributed by atoms with Crippen LogP contribution in [-0.2, 0) is 9.59 Å². The molecule has 0 saturated carbocycles. The first-order valence-corrected chi connectivity index (χ1v) is 9.55. The van der Waals surface area contributed by atoms with Crippen LogP contribution in [0.3, 0.4) is 0 Å². The Labute approximate surface area is 174 Å². The lowest BCUT2D eigenvalue weighted by atomic mass is 10.2. The van der Waals surface area contributed by atoms with Crippen molar-refractivity contribution in [1.82, 2.24) is 4.90 Å². The van der Waals surface area contributed by atoms with Gasteiger partial charge in [-0.15, -0.1) is 0 Å². The highest BCUT2D eigenvalue weighted by Gasteiger charge is 2.16. The number of para-hydroxylation sites is 2. The zero-order chi connectivity index (χ0) is 20.5. The standard InChI is InChI=1S/C21H22Cl2N2O3/c1-3-13-25(14-20(26)24-18-9-4-5-10-19(18)28-2)21(27)12-11-15-16(22)7-6-8-17(15)23/h4-12H,3,13-14H2,1-2H3,(H,24,26). The van der Waals surface area contributed by atoms with Crippen LogP contribution in [0.1, 0.15) is 18.9 Å². The maximum atomic E-state index is 12.6. The summed E-state index contributed by atoms with van der Waals surface area (Å²) in [5.74, 6) is -0.0547. The first kappa shape index (κ1) is 21.8. The molecule has 0 aromatic heterocycles. The molecule has 0 bridgehead atoms. The van der Waals surface area contributed by atoms with Crippen LogP contribution in [0.25, 0.3) is 6.08 Å². The molecule has 1 N–H and O–H groups in total. The molecule has 2 aromatic rings. The van der Waals surface area contributed by atoms with E-state index in [9.17, 15) is 9.59 Å². The number of carbonyl (C=O) groups excluding carboxylic acids is 2. The SMILES string of the molecule is CCCN(CC(=O)Nc1ccccc1OC)C(=O)C=Cc1c(Cl)cccc1Cl. The van der Waals surface area contributed by atoms with Gasteiger partial charge in [0.1, 0.15) is 12.3 Å². The van der Waals surface area contributed by atoms with Crippen molar-refractivity contribution in [2.24, 2.45) is 0 Å². The Morgan fingerprint density at radius 2 is 1.79 bits per heavy atom. The van der Waals surface area contributed by atoms with E-state index in [2.05, 4.69) is 5.32 Å². The lowest BCUT2D eigenvalue weighted by Gasteiger charge is -2.20. The smallest absolute Gasteiger partial charge is 0.247 e. The third-order valence-electron chi connectivity index (χ3n) is 3.91. The molecular weight excluding hydrogens is 399 g/mol. The molecular formula is C21H22Cl2N2O3. The number of carbonyl (C=O) groups is 2. The van der Waals surface area contributed by atoms with Gasteiger partial charge in [0.25, 0.3) is 0 Å². The van der Waals surface area contributed by atoms with Crippen LogP contribution >= 0.6 is 23.2 Å². The van der Waals surface area contributed by atoms with Crippen molar-refractivity contribution in [3.8, 4) is 5.75 Å². The lowest BCUT2D eigenvalue weighted by molar-refractivity contribution is -0.130. The minimum atomic E-state index is -0.310. The number of amides is 2. The molecule has 0 atom stereocenters. The summed E-state index contributed by atoms with van der Waals surface area (Å²) in [4.78, 5) is 26.5. The number of anilines is 1. The number of hydrogen-bond donors (Lipinski definition) is 1. The number of nitrogens with one attached hydrogen (secondary N) is 1. The average molecular weight is 421 g/mol. The first-order valence-electron chi connectivity index (χ1n) is 8.80. The molecule has 0 fully saturated rings. The van der Waals surface area contributed by atoms with E-state index in [0.29, 0.717) is 40.0 Å². The van der Waals surface area contributed by atoms with Crippen molar-refractivity contribution in [3.05, 3.63) is 64.1 Å². The Balaban J connectivity index is 2.08. The molecule has 148 valence electrons. The summed E-state index contributed by atoms with van der Waals surface area (Å²) in [5.41, 5.74) is 1.12. The van der Waals surface area contributed by atoms with E-state index in [1.54, 1.807) is 42.5 Å². The number of rotatable bonds is 8. The second kappa shape index (κ2) is 10.7. The van der Waals surface area contributed by atoms with E-state index >= 15 is 0 Å². The summed E-state index contributed by atoms with van der Waals surface area (Å²) in [5, 5.41) is 3.68. The Bertz CT molecular complexity index is 848. The molecule has 7 heteroatoms. The average Bonchev–Trinajstić information content (AvgIpc) is 2.67. The van der Waals surface area contributed by atoms with Gasteiger partial charge >= 0.3 is 0 Å². The second-order valence-corrected chi connectivity index (χ2v) is 6.79. The van der Waals surface area contributed by atoms with E-state index in [1.165, 1.54) is 18.1 Å². The molecule has 0 aliphatic carbocycles. The molecule has 2 rings (SSSR count). The Morgan fingerprint density at radius 3 is 2.43 bits per heavy atom. The van der Waals surface area contributed by atoms with Gasteiger partial charge in [0.15, 0.2) is 0 Å². The largest absolute Gasteiger partial charge is 0.495 e. The number of nitrogens with zero attached hydrogens (tertiary/aromatic N) is 1. The lowest BCUT2D eigenvalue weighted by Crippen LogP contribution is -2.37. The molecule has 28 heavy (non-hydrogen) atoms. The first-order chi connectivity index (χ1) is 13.5. The molecule has 0 aliphatic rings. The number of benzene rings is 2. The highest BCUT2D eigenvalue weighted by Crippen LogP contribution is 2.25. The van der Waals surface area contributed by atoms with Gasteiger partial charge in [-0.25, -0.2) is 0 Å². The molecule has 0 saturated heterocycles. The third kappa shape index (κ3) is 6.01. The van der Waals surface area contributed by atoms with Gasteiger partial charge in [-0.05, 0) is 36.8 Å². The van der Waals surface area contributed by atoms with Gasteiger partial charge in [0.05, 0.1) is 12.8 Å². The molecule has 0 radical (unpaired) electrons. The zero-order valence-corrected chi connectivity index (χ0v) is 17.3. The predicted octanol–water partition coefficient (Wildman–Crippen LogP) is 4.89. The molecule has 5 nitrogen and oxygen atoms in total. The predicted molar refractivity (Wildman–Crippen MR) is 114 cm³/mol. The summed E-state index contributed by atoms with van der Waals surface area (Å²) in [6, 6.07) is 12.2. The van der Waals surface area contributed by atoms with Crippen LogP contribution in [0.5, 0.6) is 5.75 Å². The number of methoxy groups -OCH3 is 1. The topological polar surface area (TPSA) is 58.6 Å². The van der Waals surface area contributed by atoms with Gasteiger partial charge in [-0.2, -0.15) is 0 Å². The van der Waals surface area contributed by atoms with E-state index in [-0.39, 0.29) is 18.4 Å². The maximum absolute atomic E-state index is 12.6. The van der Waals surface area contributed by atoms with Crippen LogP contribution in [0.2, 0.25) is 10.0 Å². The molecule has 0 aliphatic heterocycles. The third-order valence-corrected chi connectivity index (χ3v) is 4.57. The van der Waals surface area contributed by atoms with Gasteiger partial charge in [-0.3, -0.25) is 9.59 Å². The van der Waals surface area contributed by atoms with Gasteiger partial charge < -0.3 is 15.0 Å². The summed E-state index contributed by atoms with van der Waals surface area (Å²) >= 11 is 12.2. The Morgan fingerprint density at radius 1 is 1.11 bits per heavy atom. The maximum Gasteiger partial charge on any atom is 0.247 e. The summed E-state index contributed by atoms with van der Waals surface area (Å²) in [6.45, 7) is 2.30. The summed E-state index contributed by atoms with van der Waals surface area (Å²) in [6.07, 6.45) is 3.65. The normalized spacial score (nSPS) is 10.7. The summed E-state index contributed by atoms with van der Waals surface area (Å²) < 4.78 is 5.22. The molecule has 0 unspecified atom stereocenters. The van der Waals surface area contributed by atoms with E-state index < -0.39 is 0 Å². The fourth-order valence-corrected chi connectivity index (χ4v) is 3.10. The minimum Gasteiger partial charge on any atom is -0.495 e. The van der Waals surface area contributed by atoms with Gasteiger partial charge in [-0.1, -0.05) is 48.3 Å². The Hall–Kier alpha value is -2.50. The Kier molecular flexibility index (Phi) is 8.36. The molecule has 0 heterocycles. The fraction of sp³-hybridized carbons (Fsp3) is 0.238. The van der Waals surface area contributed by atoms with Crippen LogP contribution in [0, 0.1) is 0 Å². The fourth-order valence-electron chi connectivity index (χ4n) is 2.58. The number of halogens is 2. The molecule has 0 spiro atoms. The van der Waals surface area contributed by atoms with Crippen LogP contribution < -0.4 is 10.1 Å². The van der Waals surface area contributed by atoms with Gasteiger partial charge in [0.2, 0.25) is 11.8 Å². The molecule has 2 amide bonds. The zero-order valence-electron chi connectivity index (χ0n) is 15.7. The van der Waals surface area contributed by atoms with Crippen molar-refractivity contribution in [1.29, 1.82) is 0 Å². The van der Waals surface area contributed by atoms with E-state index in [0.717, 1.165) is 0 Å². The van der Waals surface area contributed by atoms with E-state index in [1.807, 2.05) is 13.0 Å². The molecule has 2 aromatic carbocycles. The second-order valence-electron chi connectivity index (χ2n) is 5.98. The van der Waals surface area contributed by atoms with Crippen molar-refractivity contribution in [3.63, 3.8) is 0 Å². The highest BCUT2D eigenvalue weighted by molar-refractivity contribution is 6.37. The van der Waals surface area contributed by atoms with Crippen LogP contribution in [0.15, 0.2) is 48.5 Å². The number of ether oxygens (including phenoxy) is 1. The monoisotopic (exact) mass is 420 g/mol. The quantitative estimate of drug-likeness (QED) is 0.618. The van der Waals surface area contributed by atoms with Crippen molar-refractivity contribution < 1.29 is 14.3 Å². The summed E-state index contributed by atoms with van der Waals surface area (Å²) in [7, 11) is 1.53. The highest BCUT2D eigenvalue weighted by atomic mass is 35.5. The number of hydrogen-bond acceptors (Lipinski definition) is 3. The van der Waals surface area contributed by atoms with E-state index in [4.69, 9.17) is 27.9 Å². The van der Waals surface area contributed by atoms with Crippen LogP contribution in [0.4, 0.5) is 5.69 Å². The van der Waals surface area contributed by atoms with Gasteiger partial charge in [0, 0.05) is 28.2 Å². The van der Waals surface area contributed by atoms with Crippen molar-refractivity contribution in [2.45, 2.75) is 13.3 Å². The van der Waals surface area contributed by atoms with Crippen molar-refractivity contribution >= 4 is 46.8 Å². The van der Waals surface area contributed by atoms with Crippen LogP contribution in [-0.4, -0.2) is 36.9 Å².